The van der Waals surface area contributed by atoms with Crippen molar-refractivity contribution in [2.75, 3.05) is 0 Å². The van der Waals surface area contributed by atoms with Crippen LogP contribution in [0.2, 0.25) is 35.4 Å². The summed E-state index contributed by atoms with van der Waals surface area (Å²) in [6.45, 7) is 20.5. The predicted molar refractivity (Wildman–Crippen MR) is 101 cm³/mol. The van der Waals surface area contributed by atoms with E-state index >= 15 is 0 Å². The van der Waals surface area contributed by atoms with E-state index in [1.54, 1.807) is 4.41 Å². The van der Waals surface area contributed by atoms with Crippen LogP contribution in [0, 0.1) is 11.3 Å². The van der Waals surface area contributed by atoms with E-state index in [2.05, 4.69) is 83.7 Å². The number of allylic oxidation sites excluding steroid dienone is 2. The fourth-order valence-electron chi connectivity index (χ4n) is 2.89. The van der Waals surface area contributed by atoms with Crippen molar-refractivity contribution >= 4 is 21.6 Å². The van der Waals surface area contributed by atoms with Crippen LogP contribution in [0.1, 0.15) is 34.6 Å². The summed E-state index contributed by atoms with van der Waals surface area (Å²) < 4.78 is 8.45. The molecule has 0 saturated heterocycles. The Balaban J connectivity index is 3.19. The van der Waals surface area contributed by atoms with Gasteiger partial charge in [-0.05, 0) is 0 Å². The minimum atomic E-state index is -1.86. The van der Waals surface area contributed by atoms with E-state index in [9.17, 15) is 0 Å². The molecule has 1 aliphatic rings. The molecule has 21 heavy (non-hydrogen) atoms. The topological polar surface area (TPSA) is 9.23 Å². The molecule has 1 aliphatic carbocycles. The average molecular weight is 369 g/mol. The molecule has 122 valence electrons. The molecular formula is C18H36GeOSi. The second kappa shape index (κ2) is 5.68. The van der Waals surface area contributed by atoms with Crippen LogP contribution < -0.4 is 0 Å². The molecule has 0 aromatic rings. The quantitative estimate of drug-likeness (QED) is 0.435. The van der Waals surface area contributed by atoms with Gasteiger partial charge in [0.1, 0.15) is 0 Å². The van der Waals surface area contributed by atoms with Crippen LogP contribution in [0.5, 0.6) is 0 Å². The first-order valence-electron chi connectivity index (χ1n) is 8.17. The summed E-state index contributed by atoms with van der Waals surface area (Å²) in [4.78, 5) is 0. The Hall–Kier alpha value is 0.200. The summed E-state index contributed by atoms with van der Waals surface area (Å²) in [5.41, 5.74) is 0.130. The van der Waals surface area contributed by atoms with Crippen LogP contribution in [0.25, 0.3) is 0 Å². The SMILES string of the molecule is C=C[C@H]1[C]([Ge]([CH3])([CH3])[CH3])=C[C@H](O[Si](C)(C)C(C)(C)C)C1(C)C. The van der Waals surface area contributed by atoms with Gasteiger partial charge in [0.05, 0.1) is 0 Å². The summed E-state index contributed by atoms with van der Waals surface area (Å²) in [5.74, 6) is 7.92. The van der Waals surface area contributed by atoms with Crippen molar-refractivity contribution in [3.05, 3.63) is 23.1 Å². The van der Waals surface area contributed by atoms with E-state index in [4.69, 9.17) is 4.43 Å². The maximum absolute atomic E-state index is 6.78. The second-order valence-electron chi connectivity index (χ2n) is 9.71. The van der Waals surface area contributed by atoms with E-state index in [1.807, 2.05) is 0 Å². The van der Waals surface area contributed by atoms with Crippen molar-refractivity contribution in [1.29, 1.82) is 0 Å². The minimum absolute atomic E-state index is 0.130. The molecular weight excluding hydrogens is 333 g/mol. The fraction of sp³-hybridized carbons (Fsp3) is 0.778. The number of hydrogen-bond acceptors (Lipinski definition) is 1. The van der Waals surface area contributed by atoms with Crippen molar-refractivity contribution in [2.24, 2.45) is 11.3 Å². The first-order valence-corrected chi connectivity index (χ1v) is 18.4. The molecule has 0 aromatic heterocycles. The van der Waals surface area contributed by atoms with Crippen LogP contribution in [-0.4, -0.2) is 27.7 Å². The van der Waals surface area contributed by atoms with Crippen LogP contribution in [0.3, 0.4) is 0 Å². The van der Waals surface area contributed by atoms with Crippen molar-refractivity contribution in [2.45, 2.75) is 76.1 Å². The molecule has 0 unspecified atom stereocenters. The third-order valence-corrected chi connectivity index (χ3v) is 14.6. The van der Waals surface area contributed by atoms with E-state index in [-0.39, 0.29) is 16.6 Å². The number of rotatable bonds is 4. The van der Waals surface area contributed by atoms with Gasteiger partial charge in [-0.1, -0.05) is 0 Å². The van der Waals surface area contributed by atoms with Gasteiger partial charge in [-0.15, -0.1) is 0 Å². The van der Waals surface area contributed by atoms with Gasteiger partial charge in [0, 0.05) is 0 Å². The Morgan fingerprint density at radius 3 is 2.00 bits per heavy atom. The monoisotopic (exact) mass is 370 g/mol. The second-order valence-corrected chi connectivity index (χ2v) is 25.1. The summed E-state index contributed by atoms with van der Waals surface area (Å²) >= 11 is -1.86. The van der Waals surface area contributed by atoms with E-state index in [1.165, 1.54) is 0 Å². The third-order valence-electron chi connectivity index (χ3n) is 5.53. The van der Waals surface area contributed by atoms with Crippen molar-refractivity contribution in [3.8, 4) is 0 Å². The zero-order chi connectivity index (χ0) is 16.9. The van der Waals surface area contributed by atoms with E-state index in [0.29, 0.717) is 5.92 Å². The summed E-state index contributed by atoms with van der Waals surface area (Å²) in [6.07, 6.45) is 4.88. The molecule has 0 aromatic carbocycles. The molecule has 0 radical (unpaired) electrons. The van der Waals surface area contributed by atoms with Gasteiger partial charge in [0.25, 0.3) is 0 Å². The molecule has 0 saturated carbocycles. The average Bonchev–Trinajstić information content (AvgIpc) is 2.47. The number of hydrogen-bond donors (Lipinski definition) is 0. The summed E-state index contributed by atoms with van der Waals surface area (Å²) in [5, 5.41) is 0.256. The van der Waals surface area contributed by atoms with Gasteiger partial charge in [0.15, 0.2) is 0 Å². The molecule has 1 rings (SSSR count). The van der Waals surface area contributed by atoms with Gasteiger partial charge in [0.2, 0.25) is 0 Å². The van der Waals surface area contributed by atoms with Gasteiger partial charge < -0.3 is 0 Å². The molecule has 0 heterocycles. The van der Waals surface area contributed by atoms with Crippen molar-refractivity contribution < 1.29 is 4.43 Å². The van der Waals surface area contributed by atoms with Gasteiger partial charge >= 0.3 is 137 Å². The third kappa shape index (κ3) is 3.76. The summed E-state index contributed by atoms with van der Waals surface area (Å²) in [7, 11) is -1.75. The predicted octanol–water partition coefficient (Wildman–Crippen LogP) is 6.02. The molecule has 2 atom stereocenters. The summed E-state index contributed by atoms with van der Waals surface area (Å²) in [6, 6.07) is 0. The molecule has 0 spiro atoms. The van der Waals surface area contributed by atoms with Crippen LogP contribution in [0.4, 0.5) is 0 Å². The maximum atomic E-state index is 6.78. The van der Waals surface area contributed by atoms with Crippen LogP contribution in [-0.2, 0) is 4.43 Å². The Bertz CT molecular complexity index is 435. The Morgan fingerprint density at radius 1 is 1.24 bits per heavy atom. The molecule has 0 N–H and O–H groups in total. The fourth-order valence-corrected chi connectivity index (χ4v) is 8.60. The van der Waals surface area contributed by atoms with Crippen LogP contribution >= 0.6 is 0 Å². The van der Waals surface area contributed by atoms with Crippen molar-refractivity contribution in [1.82, 2.24) is 0 Å². The zero-order valence-corrected chi connectivity index (χ0v) is 19.0. The first-order chi connectivity index (χ1) is 9.14. The van der Waals surface area contributed by atoms with E-state index < -0.39 is 21.6 Å². The Labute approximate surface area is 136 Å². The van der Waals surface area contributed by atoms with E-state index in [0.717, 1.165) is 0 Å². The molecule has 0 amide bonds. The normalized spacial score (nSPS) is 26.7. The standard InChI is InChI=1S/C18H36GeOSi/c1-12-14-15(19(7,8)9)13-16(18(14,5)6)20-21(10,11)17(2,3)4/h12-14,16H,1H2,2-11H3/t14-,16-/m0/s1. The molecule has 0 fully saturated rings. The Morgan fingerprint density at radius 2 is 1.71 bits per heavy atom. The van der Waals surface area contributed by atoms with Gasteiger partial charge in [-0.2, -0.15) is 0 Å². The zero-order valence-electron chi connectivity index (χ0n) is 15.9. The van der Waals surface area contributed by atoms with Crippen molar-refractivity contribution in [3.63, 3.8) is 0 Å². The molecule has 1 nitrogen and oxygen atoms in total. The van der Waals surface area contributed by atoms with Gasteiger partial charge in [-0.25, -0.2) is 0 Å². The first kappa shape index (κ1) is 19.2. The van der Waals surface area contributed by atoms with Gasteiger partial charge in [-0.3, -0.25) is 0 Å². The Kier molecular flexibility index (Phi) is 5.21. The molecule has 0 aliphatic heterocycles. The molecule has 0 bridgehead atoms. The molecule has 3 heteroatoms. The van der Waals surface area contributed by atoms with Crippen LogP contribution in [0.15, 0.2) is 23.1 Å².